The van der Waals surface area contributed by atoms with Gasteiger partial charge in [-0.3, -0.25) is 4.90 Å². The number of nitrogens with two attached hydrogens (primary N) is 1. The summed E-state index contributed by atoms with van der Waals surface area (Å²) in [6.45, 7) is 12.0. The molecule has 1 saturated heterocycles. The average molecular weight is 274 g/mol. The zero-order valence-electron chi connectivity index (χ0n) is 13.7. The van der Waals surface area contributed by atoms with Gasteiger partial charge in [-0.25, -0.2) is 0 Å². The molecule has 1 aliphatic rings. The van der Waals surface area contributed by atoms with Crippen LogP contribution in [0.1, 0.15) is 61.4 Å². The molecule has 0 radical (unpaired) electrons. The largest absolute Gasteiger partial charge is 0.329 e. The smallest absolute Gasteiger partial charge is 0.0478 e. The topological polar surface area (TPSA) is 29.3 Å². The monoisotopic (exact) mass is 274 g/mol. The second-order valence-corrected chi connectivity index (χ2v) is 6.48. The summed E-state index contributed by atoms with van der Waals surface area (Å²) in [6, 6.07) is 6.39. The highest BCUT2D eigenvalue weighted by atomic mass is 15.2. The van der Waals surface area contributed by atoms with Gasteiger partial charge < -0.3 is 5.73 Å². The van der Waals surface area contributed by atoms with E-state index in [9.17, 15) is 0 Å². The van der Waals surface area contributed by atoms with Gasteiger partial charge in [0.25, 0.3) is 0 Å². The van der Waals surface area contributed by atoms with Crippen molar-refractivity contribution in [3.63, 3.8) is 0 Å². The molecule has 1 aliphatic heterocycles. The maximum absolute atomic E-state index is 6.18. The van der Waals surface area contributed by atoms with E-state index in [1.165, 1.54) is 41.5 Å². The van der Waals surface area contributed by atoms with Crippen LogP contribution in [0, 0.1) is 20.8 Å². The van der Waals surface area contributed by atoms with Gasteiger partial charge in [0.05, 0.1) is 0 Å². The van der Waals surface area contributed by atoms with Crippen molar-refractivity contribution < 1.29 is 0 Å². The van der Waals surface area contributed by atoms with Crippen molar-refractivity contribution in [3.8, 4) is 0 Å². The fourth-order valence-corrected chi connectivity index (χ4v) is 3.82. The van der Waals surface area contributed by atoms with E-state index in [2.05, 4.69) is 51.7 Å². The molecule has 1 aromatic carbocycles. The standard InChI is InChI=1S/C18H30N2/c1-6-16-8-7-15(5)20(16)18(11-19)17-10-13(3)12(2)9-14(17)4/h9-10,15-16,18H,6-8,11,19H2,1-5H3. The van der Waals surface area contributed by atoms with Gasteiger partial charge >= 0.3 is 0 Å². The van der Waals surface area contributed by atoms with E-state index in [4.69, 9.17) is 5.73 Å². The summed E-state index contributed by atoms with van der Waals surface area (Å²) < 4.78 is 0. The van der Waals surface area contributed by atoms with Crippen molar-refractivity contribution in [1.82, 2.24) is 4.90 Å². The van der Waals surface area contributed by atoms with Crippen molar-refractivity contribution in [1.29, 1.82) is 0 Å². The van der Waals surface area contributed by atoms with Crippen LogP contribution in [0.4, 0.5) is 0 Å². The first kappa shape index (κ1) is 15.5. The summed E-state index contributed by atoms with van der Waals surface area (Å²) in [5.74, 6) is 0. The van der Waals surface area contributed by atoms with E-state index in [-0.39, 0.29) is 0 Å². The fraction of sp³-hybridized carbons (Fsp3) is 0.667. The normalized spacial score (nSPS) is 25.1. The minimum atomic E-state index is 0.372. The van der Waals surface area contributed by atoms with Crippen molar-refractivity contribution in [2.75, 3.05) is 6.54 Å². The van der Waals surface area contributed by atoms with Gasteiger partial charge in [-0.1, -0.05) is 19.1 Å². The Morgan fingerprint density at radius 2 is 1.80 bits per heavy atom. The van der Waals surface area contributed by atoms with Crippen LogP contribution < -0.4 is 5.73 Å². The van der Waals surface area contributed by atoms with Gasteiger partial charge in [0.15, 0.2) is 0 Å². The summed E-state index contributed by atoms with van der Waals surface area (Å²) in [4.78, 5) is 2.68. The van der Waals surface area contributed by atoms with Crippen LogP contribution in [0.5, 0.6) is 0 Å². The molecule has 2 N–H and O–H groups in total. The highest BCUT2D eigenvalue weighted by Crippen LogP contribution is 2.36. The van der Waals surface area contributed by atoms with Crippen molar-refractivity contribution in [2.45, 2.75) is 72.0 Å². The molecular weight excluding hydrogens is 244 g/mol. The van der Waals surface area contributed by atoms with Crippen molar-refractivity contribution in [3.05, 3.63) is 34.4 Å². The van der Waals surface area contributed by atoms with E-state index in [1.807, 2.05) is 0 Å². The Kier molecular flexibility index (Phi) is 4.87. The van der Waals surface area contributed by atoms with E-state index in [1.54, 1.807) is 0 Å². The Balaban J connectivity index is 2.39. The third kappa shape index (κ3) is 2.77. The molecule has 0 amide bonds. The van der Waals surface area contributed by atoms with E-state index in [0.717, 1.165) is 0 Å². The predicted octanol–water partition coefficient (Wildman–Crippen LogP) is 3.87. The van der Waals surface area contributed by atoms with Crippen LogP contribution in [0.15, 0.2) is 12.1 Å². The first-order chi connectivity index (χ1) is 9.49. The first-order valence-electron chi connectivity index (χ1n) is 8.04. The number of hydrogen-bond acceptors (Lipinski definition) is 2. The van der Waals surface area contributed by atoms with Crippen LogP contribution in [0.25, 0.3) is 0 Å². The van der Waals surface area contributed by atoms with Crippen LogP contribution in [-0.4, -0.2) is 23.5 Å². The number of aryl methyl sites for hydroxylation is 3. The third-order valence-electron chi connectivity index (χ3n) is 5.14. The molecule has 112 valence electrons. The maximum Gasteiger partial charge on any atom is 0.0478 e. The molecule has 1 fully saturated rings. The van der Waals surface area contributed by atoms with Crippen molar-refractivity contribution in [2.24, 2.45) is 5.73 Å². The second kappa shape index (κ2) is 6.28. The molecule has 3 unspecified atom stereocenters. The Labute approximate surface area is 124 Å². The zero-order chi connectivity index (χ0) is 14.9. The Morgan fingerprint density at radius 3 is 2.40 bits per heavy atom. The van der Waals surface area contributed by atoms with Crippen LogP contribution >= 0.6 is 0 Å². The zero-order valence-corrected chi connectivity index (χ0v) is 13.7. The second-order valence-electron chi connectivity index (χ2n) is 6.48. The van der Waals surface area contributed by atoms with Gasteiger partial charge in [-0.2, -0.15) is 0 Å². The van der Waals surface area contributed by atoms with Crippen LogP contribution in [0.3, 0.4) is 0 Å². The van der Waals surface area contributed by atoms with Gasteiger partial charge in [0.2, 0.25) is 0 Å². The lowest BCUT2D eigenvalue weighted by Gasteiger charge is -2.36. The summed E-state index contributed by atoms with van der Waals surface area (Å²) >= 11 is 0. The summed E-state index contributed by atoms with van der Waals surface area (Å²) in [5.41, 5.74) is 11.8. The van der Waals surface area contributed by atoms with Gasteiger partial charge in [-0.15, -0.1) is 0 Å². The van der Waals surface area contributed by atoms with E-state index >= 15 is 0 Å². The SMILES string of the molecule is CCC1CCC(C)N1C(CN)c1cc(C)c(C)cc1C. The molecule has 2 nitrogen and oxygen atoms in total. The van der Waals surface area contributed by atoms with Gasteiger partial charge in [-0.05, 0) is 69.2 Å². The first-order valence-corrected chi connectivity index (χ1v) is 8.04. The molecule has 1 heterocycles. The van der Waals surface area contributed by atoms with Crippen LogP contribution in [0.2, 0.25) is 0 Å². The lowest BCUT2D eigenvalue weighted by molar-refractivity contribution is 0.136. The minimum Gasteiger partial charge on any atom is -0.329 e. The molecule has 20 heavy (non-hydrogen) atoms. The minimum absolute atomic E-state index is 0.372. The summed E-state index contributed by atoms with van der Waals surface area (Å²) in [7, 11) is 0. The van der Waals surface area contributed by atoms with E-state index < -0.39 is 0 Å². The Bertz CT molecular complexity index is 467. The molecule has 1 aromatic rings. The molecule has 0 bridgehead atoms. The van der Waals surface area contributed by atoms with Crippen LogP contribution in [-0.2, 0) is 0 Å². The Morgan fingerprint density at radius 1 is 1.15 bits per heavy atom. The Hall–Kier alpha value is -0.860. The fourth-order valence-electron chi connectivity index (χ4n) is 3.82. The number of nitrogens with zero attached hydrogens (tertiary/aromatic N) is 1. The quantitative estimate of drug-likeness (QED) is 0.903. The molecule has 0 saturated carbocycles. The molecule has 3 atom stereocenters. The molecule has 0 aliphatic carbocycles. The van der Waals surface area contributed by atoms with Crippen molar-refractivity contribution >= 4 is 0 Å². The molecule has 2 rings (SSSR count). The molecular formula is C18H30N2. The lowest BCUT2D eigenvalue weighted by Crippen LogP contribution is -2.41. The number of hydrogen-bond donors (Lipinski definition) is 1. The maximum atomic E-state index is 6.18. The predicted molar refractivity (Wildman–Crippen MR) is 87.1 cm³/mol. The molecule has 2 heteroatoms. The number of likely N-dealkylation sites (tertiary alicyclic amines) is 1. The molecule has 0 spiro atoms. The third-order valence-corrected chi connectivity index (χ3v) is 5.14. The average Bonchev–Trinajstić information content (AvgIpc) is 2.78. The lowest BCUT2D eigenvalue weighted by atomic mass is 9.94. The highest BCUT2D eigenvalue weighted by Gasteiger charge is 2.35. The number of benzene rings is 1. The molecule has 0 aromatic heterocycles. The van der Waals surface area contributed by atoms with E-state index in [0.29, 0.717) is 24.7 Å². The van der Waals surface area contributed by atoms with Gasteiger partial charge in [0, 0.05) is 24.7 Å². The number of rotatable bonds is 4. The summed E-state index contributed by atoms with van der Waals surface area (Å²) in [5, 5.41) is 0. The van der Waals surface area contributed by atoms with Gasteiger partial charge in [0.1, 0.15) is 0 Å². The summed E-state index contributed by atoms with van der Waals surface area (Å²) in [6.07, 6.45) is 3.85. The highest BCUT2D eigenvalue weighted by molar-refractivity contribution is 5.38.